The van der Waals surface area contributed by atoms with Gasteiger partial charge < -0.3 is 23.3 Å². The highest BCUT2D eigenvalue weighted by molar-refractivity contribution is 5.95. The zero-order valence-electron chi connectivity index (χ0n) is 15.6. The van der Waals surface area contributed by atoms with E-state index in [1.165, 1.54) is 20.5 Å². The number of amides is 1. The van der Waals surface area contributed by atoms with Crippen molar-refractivity contribution in [2.75, 3.05) is 27.3 Å². The Morgan fingerprint density at radius 3 is 2.61 bits per heavy atom. The van der Waals surface area contributed by atoms with E-state index < -0.39 is 0 Å². The molecule has 28 heavy (non-hydrogen) atoms. The lowest BCUT2D eigenvalue weighted by molar-refractivity contribution is 0.0673. The van der Waals surface area contributed by atoms with E-state index in [1.807, 2.05) is 12.1 Å². The van der Waals surface area contributed by atoms with Crippen molar-refractivity contribution in [2.45, 2.75) is 18.8 Å². The summed E-state index contributed by atoms with van der Waals surface area (Å²) in [6, 6.07) is 3.65. The van der Waals surface area contributed by atoms with Crippen LogP contribution in [0.25, 0.3) is 11.5 Å². The largest absolute Gasteiger partial charge is 0.490 e. The number of aromatic nitrogens is 3. The van der Waals surface area contributed by atoms with Crippen LogP contribution in [0.15, 0.2) is 39.7 Å². The summed E-state index contributed by atoms with van der Waals surface area (Å²) in [5, 5.41) is 4.12. The zero-order chi connectivity index (χ0) is 19.5. The van der Waals surface area contributed by atoms with Gasteiger partial charge in [0.25, 0.3) is 11.8 Å². The minimum Gasteiger partial charge on any atom is -0.490 e. The number of rotatable bonds is 5. The Morgan fingerprint density at radius 1 is 1.18 bits per heavy atom. The lowest BCUT2D eigenvalue weighted by Crippen LogP contribution is -2.38. The van der Waals surface area contributed by atoms with Gasteiger partial charge in [-0.3, -0.25) is 9.78 Å². The van der Waals surface area contributed by atoms with Crippen molar-refractivity contribution < 1.29 is 23.2 Å². The first kappa shape index (κ1) is 18.0. The number of likely N-dealkylation sites (tertiary alicyclic amines) is 1. The second-order valence-corrected chi connectivity index (χ2v) is 6.43. The maximum absolute atomic E-state index is 12.8. The van der Waals surface area contributed by atoms with Crippen LogP contribution in [-0.2, 0) is 0 Å². The second-order valence-electron chi connectivity index (χ2n) is 6.43. The van der Waals surface area contributed by atoms with Crippen molar-refractivity contribution in [2.24, 2.45) is 0 Å². The number of carbonyl (C=O) groups is 1. The fourth-order valence-electron chi connectivity index (χ4n) is 3.31. The number of methoxy groups -OCH3 is 2. The van der Waals surface area contributed by atoms with Gasteiger partial charge in [-0.05, 0) is 25.0 Å². The first-order valence-electron chi connectivity index (χ1n) is 8.94. The van der Waals surface area contributed by atoms with Gasteiger partial charge in [-0.25, -0.2) is 0 Å². The molecule has 1 aliphatic rings. The first-order chi connectivity index (χ1) is 13.7. The van der Waals surface area contributed by atoms with Gasteiger partial charge in [0.2, 0.25) is 11.5 Å². The van der Waals surface area contributed by atoms with Gasteiger partial charge in [0, 0.05) is 37.0 Å². The van der Waals surface area contributed by atoms with E-state index in [9.17, 15) is 4.79 Å². The molecule has 0 radical (unpaired) electrons. The van der Waals surface area contributed by atoms with Gasteiger partial charge in [-0.1, -0.05) is 5.16 Å². The molecular formula is C19H20N4O5. The van der Waals surface area contributed by atoms with Gasteiger partial charge in [-0.2, -0.15) is 4.98 Å². The fourth-order valence-corrected chi connectivity index (χ4v) is 3.31. The van der Waals surface area contributed by atoms with Crippen LogP contribution in [0.4, 0.5) is 0 Å². The van der Waals surface area contributed by atoms with Gasteiger partial charge in [-0.15, -0.1) is 0 Å². The van der Waals surface area contributed by atoms with Gasteiger partial charge in [0.1, 0.15) is 6.26 Å². The molecular weight excluding hydrogens is 364 g/mol. The van der Waals surface area contributed by atoms with Crippen LogP contribution in [0.5, 0.6) is 11.5 Å². The predicted octanol–water partition coefficient (Wildman–Crippen LogP) is 2.76. The molecule has 1 saturated heterocycles. The highest BCUT2D eigenvalue weighted by atomic mass is 16.5. The van der Waals surface area contributed by atoms with Crippen molar-refractivity contribution in [3.05, 3.63) is 42.4 Å². The van der Waals surface area contributed by atoms with Crippen LogP contribution < -0.4 is 9.47 Å². The summed E-state index contributed by atoms with van der Waals surface area (Å²) in [7, 11) is 2.98. The number of pyridine rings is 1. The zero-order valence-corrected chi connectivity index (χ0v) is 15.6. The molecule has 0 aliphatic carbocycles. The molecule has 0 bridgehead atoms. The molecule has 9 nitrogen and oxygen atoms in total. The number of piperidine rings is 1. The molecule has 3 aromatic heterocycles. The van der Waals surface area contributed by atoms with E-state index in [0.29, 0.717) is 36.3 Å². The van der Waals surface area contributed by atoms with Gasteiger partial charge in [0.15, 0.2) is 11.6 Å². The molecule has 4 rings (SSSR count). The quantitative estimate of drug-likeness (QED) is 0.661. The Labute approximate surface area is 161 Å². The minimum atomic E-state index is -0.218. The van der Waals surface area contributed by atoms with E-state index in [4.69, 9.17) is 18.4 Å². The predicted molar refractivity (Wildman–Crippen MR) is 97.2 cm³/mol. The van der Waals surface area contributed by atoms with Crippen LogP contribution in [0.3, 0.4) is 0 Å². The molecule has 1 aliphatic heterocycles. The Bertz CT molecular complexity index is 944. The summed E-state index contributed by atoms with van der Waals surface area (Å²) in [6.07, 6.45) is 6.21. The number of furan rings is 1. The Kier molecular flexibility index (Phi) is 4.96. The average Bonchev–Trinajstić information content (AvgIpc) is 3.41. The van der Waals surface area contributed by atoms with Crippen molar-refractivity contribution in [3.63, 3.8) is 0 Å². The number of hydrogen-bond donors (Lipinski definition) is 0. The third-order valence-corrected chi connectivity index (χ3v) is 4.85. The Morgan fingerprint density at radius 2 is 1.93 bits per heavy atom. The van der Waals surface area contributed by atoms with Crippen LogP contribution in [0, 0.1) is 0 Å². The molecule has 0 aromatic carbocycles. The van der Waals surface area contributed by atoms with E-state index >= 15 is 0 Å². The summed E-state index contributed by atoms with van der Waals surface area (Å²) >= 11 is 0. The van der Waals surface area contributed by atoms with E-state index in [-0.39, 0.29) is 17.6 Å². The lowest BCUT2D eigenvalue weighted by atomic mass is 9.96. The van der Waals surface area contributed by atoms with Gasteiger partial charge >= 0.3 is 0 Å². The molecule has 0 N–H and O–H groups in total. The van der Waals surface area contributed by atoms with E-state index in [0.717, 1.165) is 18.4 Å². The summed E-state index contributed by atoms with van der Waals surface area (Å²) in [5.41, 5.74) is 0.834. The third kappa shape index (κ3) is 3.30. The SMILES string of the molecule is COc1coc(C(=O)N2CCC(c3noc(-c4ccncc4)n3)CC2)c1OC. The van der Waals surface area contributed by atoms with Crippen LogP contribution in [0.1, 0.15) is 35.1 Å². The molecule has 0 saturated carbocycles. The fraction of sp³-hybridized carbons (Fsp3) is 0.368. The normalized spacial score (nSPS) is 14.9. The number of nitrogens with zero attached hydrogens (tertiary/aromatic N) is 4. The highest BCUT2D eigenvalue weighted by Crippen LogP contribution is 2.35. The lowest BCUT2D eigenvalue weighted by Gasteiger charge is -2.30. The molecule has 1 amide bonds. The molecule has 1 fully saturated rings. The number of ether oxygens (including phenoxy) is 2. The summed E-state index contributed by atoms with van der Waals surface area (Å²) in [6.45, 7) is 1.13. The van der Waals surface area contributed by atoms with Crippen LogP contribution >= 0.6 is 0 Å². The minimum absolute atomic E-state index is 0.136. The maximum atomic E-state index is 12.8. The average molecular weight is 384 g/mol. The molecule has 0 atom stereocenters. The highest BCUT2D eigenvalue weighted by Gasteiger charge is 2.31. The van der Waals surface area contributed by atoms with Crippen molar-refractivity contribution >= 4 is 5.91 Å². The molecule has 4 heterocycles. The molecule has 0 spiro atoms. The summed E-state index contributed by atoms with van der Waals surface area (Å²) in [5.74, 6) is 1.92. The summed E-state index contributed by atoms with van der Waals surface area (Å²) in [4.78, 5) is 23.0. The summed E-state index contributed by atoms with van der Waals surface area (Å²) < 4.78 is 21.1. The smallest absolute Gasteiger partial charge is 0.293 e. The standard InChI is InChI=1S/C19H20N4O5/c1-25-14-11-27-16(15(14)26-2)19(24)23-9-5-12(6-10-23)17-21-18(28-22-17)13-3-7-20-8-4-13/h3-4,7-8,11-12H,5-6,9-10H2,1-2H3. The molecule has 3 aromatic rings. The number of hydrogen-bond acceptors (Lipinski definition) is 8. The maximum Gasteiger partial charge on any atom is 0.293 e. The Hall–Kier alpha value is -3.36. The molecule has 0 unspecified atom stereocenters. The monoisotopic (exact) mass is 384 g/mol. The Balaban J connectivity index is 1.42. The van der Waals surface area contributed by atoms with Crippen LogP contribution in [0.2, 0.25) is 0 Å². The van der Waals surface area contributed by atoms with Gasteiger partial charge in [0.05, 0.1) is 14.2 Å². The second kappa shape index (κ2) is 7.71. The van der Waals surface area contributed by atoms with E-state index in [2.05, 4.69) is 15.1 Å². The van der Waals surface area contributed by atoms with Crippen molar-refractivity contribution in [1.29, 1.82) is 0 Å². The topological polar surface area (TPSA) is 104 Å². The van der Waals surface area contributed by atoms with Crippen LogP contribution in [-0.4, -0.2) is 53.2 Å². The molecule has 146 valence electrons. The third-order valence-electron chi connectivity index (χ3n) is 4.85. The van der Waals surface area contributed by atoms with E-state index in [1.54, 1.807) is 17.3 Å². The number of carbonyl (C=O) groups excluding carboxylic acids is 1. The van der Waals surface area contributed by atoms with Crippen molar-refractivity contribution in [1.82, 2.24) is 20.0 Å². The molecule has 9 heteroatoms. The first-order valence-corrected chi connectivity index (χ1v) is 8.94. The van der Waals surface area contributed by atoms with Crippen molar-refractivity contribution in [3.8, 4) is 23.0 Å².